The Kier molecular flexibility index (Phi) is 4.65. The van der Waals surface area contributed by atoms with E-state index in [0.29, 0.717) is 16.3 Å². The van der Waals surface area contributed by atoms with Crippen molar-refractivity contribution in [1.82, 2.24) is 0 Å². The fraction of sp³-hybridized carbons (Fsp3) is 0.0714. The summed E-state index contributed by atoms with van der Waals surface area (Å²) in [7, 11) is 0. The van der Waals surface area contributed by atoms with E-state index in [1.54, 1.807) is 36.4 Å². The molecule has 4 N–H and O–H groups in total. The van der Waals surface area contributed by atoms with Gasteiger partial charge in [-0.2, -0.15) is 0 Å². The Bertz CT molecular complexity index is 661. The zero-order valence-corrected chi connectivity index (χ0v) is 13.0. The highest BCUT2D eigenvalue weighted by atomic mass is 79.9. The average molecular weight is 355 g/mol. The first-order valence-corrected chi connectivity index (χ1v) is 7.02. The van der Waals surface area contributed by atoms with Gasteiger partial charge in [-0.1, -0.05) is 11.6 Å². The van der Waals surface area contributed by atoms with E-state index in [9.17, 15) is 4.79 Å². The van der Waals surface area contributed by atoms with Crippen molar-refractivity contribution in [2.24, 2.45) is 5.84 Å². The molecule has 4 nitrogen and oxygen atoms in total. The second-order valence-electron chi connectivity index (χ2n) is 4.26. The second kappa shape index (κ2) is 6.26. The third-order valence-electron chi connectivity index (χ3n) is 2.82. The van der Waals surface area contributed by atoms with E-state index in [0.717, 1.165) is 15.7 Å². The molecule has 0 atom stereocenters. The van der Waals surface area contributed by atoms with E-state index < -0.39 is 0 Å². The molecular weight excluding hydrogens is 342 g/mol. The normalized spacial score (nSPS) is 10.2. The molecule has 2 rings (SSSR count). The minimum atomic E-state index is -0.199. The van der Waals surface area contributed by atoms with E-state index in [2.05, 4.69) is 26.7 Å². The number of benzene rings is 2. The van der Waals surface area contributed by atoms with Crippen LogP contribution in [0.15, 0.2) is 40.9 Å². The van der Waals surface area contributed by atoms with E-state index >= 15 is 0 Å². The predicted octanol–water partition coefficient (Wildman–Crippen LogP) is 3.95. The zero-order chi connectivity index (χ0) is 14.7. The van der Waals surface area contributed by atoms with Crippen LogP contribution in [0.1, 0.15) is 15.9 Å². The number of rotatable bonds is 3. The lowest BCUT2D eigenvalue weighted by Gasteiger charge is -2.09. The Labute approximate surface area is 130 Å². The number of anilines is 2. The zero-order valence-electron chi connectivity index (χ0n) is 10.7. The molecule has 0 radical (unpaired) electrons. The fourth-order valence-corrected chi connectivity index (χ4v) is 2.17. The van der Waals surface area contributed by atoms with Crippen molar-refractivity contribution in [3.05, 3.63) is 57.0 Å². The Morgan fingerprint density at radius 2 is 2.00 bits per heavy atom. The molecule has 1 amide bonds. The Balaban J connectivity index is 2.19. The second-order valence-corrected chi connectivity index (χ2v) is 5.52. The summed E-state index contributed by atoms with van der Waals surface area (Å²) in [5.74, 6) is 5.16. The molecule has 6 heteroatoms. The van der Waals surface area contributed by atoms with Crippen LogP contribution < -0.4 is 16.6 Å². The summed E-state index contributed by atoms with van der Waals surface area (Å²) >= 11 is 9.29. The van der Waals surface area contributed by atoms with Crippen molar-refractivity contribution >= 4 is 44.8 Å². The van der Waals surface area contributed by atoms with Gasteiger partial charge in [0.1, 0.15) is 0 Å². The first-order chi connectivity index (χ1) is 9.51. The van der Waals surface area contributed by atoms with Gasteiger partial charge in [0.2, 0.25) is 0 Å². The molecule has 0 heterocycles. The number of carbonyl (C=O) groups excluding carboxylic acids is 1. The maximum Gasteiger partial charge on any atom is 0.255 e. The summed E-state index contributed by atoms with van der Waals surface area (Å²) in [6, 6.07) is 10.5. The van der Waals surface area contributed by atoms with Crippen molar-refractivity contribution in [2.75, 3.05) is 10.7 Å². The van der Waals surface area contributed by atoms with Crippen molar-refractivity contribution < 1.29 is 4.79 Å². The molecule has 0 unspecified atom stereocenters. The maximum absolute atomic E-state index is 12.1. The third-order valence-corrected chi connectivity index (χ3v) is 4.05. The minimum Gasteiger partial charge on any atom is -0.324 e. The molecule has 0 aromatic heterocycles. The number of hydrazine groups is 1. The molecule has 0 saturated heterocycles. The highest BCUT2D eigenvalue weighted by molar-refractivity contribution is 9.10. The lowest BCUT2D eigenvalue weighted by Crippen LogP contribution is -2.13. The monoisotopic (exact) mass is 353 g/mol. The van der Waals surface area contributed by atoms with Crippen molar-refractivity contribution in [1.29, 1.82) is 0 Å². The molecular formula is C14H13BrClN3O. The van der Waals surface area contributed by atoms with Crippen LogP contribution in [0.2, 0.25) is 5.02 Å². The molecule has 104 valence electrons. The van der Waals surface area contributed by atoms with Crippen LogP contribution >= 0.6 is 27.5 Å². The SMILES string of the molecule is Cc1cc(C(=O)Nc2ccc(Br)c(Cl)c2)ccc1NN. The summed E-state index contributed by atoms with van der Waals surface area (Å²) in [5, 5.41) is 3.34. The summed E-state index contributed by atoms with van der Waals surface area (Å²) < 4.78 is 0.784. The molecule has 0 aliphatic carbocycles. The number of hydrogen-bond donors (Lipinski definition) is 3. The highest BCUT2D eigenvalue weighted by Gasteiger charge is 2.09. The fourth-order valence-electron chi connectivity index (χ4n) is 1.74. The van der Waals surface area contributed by atoms with Crippen molar-refractivity contribution in [2.45, 2.75) is 6.92 Å². The smallest absolute Gasteiger partial charge is 0.255 e. The number of nitrogen functional groups attached to an aromatic ring is 1. The van der Waals surface area contributed by atoms with Crippen molar-refractivity contribution in [3.63, 3.8) is 0 Å². The number of nitrogens with two attached hydrogens (primary N) is 1. The quantitative estimate of drug-likeness (QED) is 0.577. The number of hydrogen-bond acceptors (Lipinski definition) is 3. The van der Waals surface area contributed by atoms with Crippen LogP contribution in [0.4, 0.5) is 11.4 Å². The van der Waals surface area contributed by atoms with Gasteiger partial charge in [0.25, 0.3) is 5.91 Å². The van der Waals surface area contributed by atoms with Gasteiger partial charge in [0.05, 0.1) is 10.7 Å². The van der Waals surface area contributed by atoms with Crippen LogP contribution in [-0.4, -0.2) is 5.91 Å². The van der Waals surface area contributed by atoms with E-state index in [1.807, 2.05) is 6.92 Å². The lowest BCUT2D eigenvalue weighted by atomic mass is 10.1. The van der Waals surface area contributed by atoms with Crippen LogP contribution in [0.5, 0.6) is 0 Å². The molecule has 0 bridgehead atoms. The van der Waals surface area contributed by atoms with Gasteiger partial charge in [-0.25, -0.2) is 0 Å². The van der Waals surface area contributed by atoms with Gasteiger partial charge in [0, 0.05) is 15.7 Å². The molecule has 0 spiro atoms. The van der Waals surface area contributed by atoms with Gasteiger partial charge >= 0.3 is 0 Å². The van der Waals surface area contributed by atoms with Gasteiger partial charge in [-0.3, -0.25) is 10.6 Å². The van der Waals surface area contributed by atoms with Crippen LogP contribution in [-0.2, 0) is 0 Å². The number of halogens is 2. The van der Waals surface area contributed by atoms with E-state index in [1.165, 1.54) is 0 Å². The molecule has 20 heavy (non-hydrogen) atoms. The van der Waals surface area contributed by atoms with Gasteiger partial charge < -0.3 is 10.7 Å². The largest absolute Gasteiger partial charge is 0.324 e. The number of amides is 1. The Hall–Kier alpha value is -1.56. The van der Waals surface area contributed by atoms with E-state index in [4.69, 9.17) is 17.4 Å². The molecule has 0 fully saturated rings. The first kappa shape index (κ1) is 14.8. The van der Waals surface area contributed by atoms with Gasteiger partial charge in [0.15, 0.2) is 0 Å². The topological polar surface area (TPSA) is 67.2 Å². The highest BCUT2D eigenvalue weighted by Crippen LogP contribution is 2.26. The van der Waals surface area contributed by atoms with Crippen molar-refractivity contribution in [3.8, 4) is 0 Å². The average Bonchev–Trinajstić information content (AvgIpc) is 2.42. The van der Waals surface area contributed by atoms with Crippen LogP contribution in [0.3, 0.4) is 0 Å². The molecule has 0 aliphatic heterocycles. The van der Waals surface area contributed by atoms with Crippen LogP contribution in [0.25, 0.3) is 0 Å². The number of carbonyl (C=O) groups is 1. The first-order valence-electron chi connectivity index (χ1n) is 5.85. The van der Waals surface area contributed by atoms with Gasteiger partial charge in [-0.15, -0.1) is 0 Å². The summed E-state index contributed by atoms with van der Waals surface area (Å²) in [5.41, 5.74) is 5.45. The summed E-state index contributed by atoms with van der Waals surface area (Å²) in [4.78, 5) is 12.1. The summed E-state index contributed by atoms with van der Waals surface area (Å²) in [6.07, 6.45) is 0. The lowest BCUT2D eigenvalue weighted by molar-refractivity contribution is 0.102. The van der Waals surface area contributed by atoms with E-state index in [-0.39, 0.29) is 5.91 Å². The standard InChI is InChI=1S/C14H13BrClN3O/c1-8-6-9(2-5-13(8)19-17)14(20)18-10-3-4-11(15)12(16)7-10/h2-7,19H,17H2,1H3,(H,18,20). The third kappa shape index (κ3) is 3.30. The molecule has 0 saturated carbocycles. The number of nitrogens with one attached hydrogen (secondary N) is 2. The maximum atomic E-state index is 12.1. The van der Waals surface area contributed by atoms with Gasteiger partial charge in [-0.05, 0) is 64.8 Å². The Morgan fingerprint density at radius 1 is 1.25 bits per heavy atom. The molecule has 2 aromatic rings. The number of aryl methyl sites for hydroxylation is 1. The molecule has 2 aromatic carbocycles. The minimum absolute atomic E-state index is 0.199. The Morgan fingerprint density at radius 3 is 2.60 bits per heavy atom. The molecule has 0 aliphatic rings. The summed E-state index contributed by atoms with van der Waals surface area (Å²) in [6.45, 7) is 1.88. The predicted molar refractivity (Wildman–Crippen MR) is 86.1 cm³/mol. The van der Waals surface area contributed by atoms with Crippen LogP contribution in [0, 0.1) is 6.92 Å².